The molecule has 0 unspecified atom stereocenters. The van der Waals surface area contributed by atoms with Crippen LogP contribution < -0.4 is 22.5 Å². The van der Waals surface area contributed by atoms with Gasteiger partial charge >= 0.3 is 11.7 Å². The molecule has 0 spiro atoms. The predicted octanol–water partition coefficient (Wildman–Crippen LogP) is -0.998. The number of carbonyl (C=O) groups is 1. The number of aromatic nitrogens is 2. The Morgan fingerprint density at radius 2 is 1.91 bits per heavy atom. The van der Waals surface area contributed by atoms with Gasteiger partial charge in [-0.2, -0.15) is 4.98 Å². The van der Waals surface area contributed by atoms with Gasteiger partial charge < -0.3 is 40.8 Å². The van der Waals surface area contributed by atoms with E-state index in [9.17, 15) is 14.7 Å². The smallest absolute Gasteiger partial charge is 0.351 e. The summed E-state index contributed by atoms with van der Waals surface area (Å²) in [4.78, 5) is 27.8. The number of carbonyl (C=O) groups excluding carboxylic acids is 1. The van der Waals surface area contributed by atoms with Crippen LogP contribution in [-0.2, 0) is 18.9 Å². The van der Waals surface area contributed by atoms with Crippen LogP contribution >= 0.6 is 0 Å². The fraction of sp³-hybridized carbons (Fsp3) is 0.450. The summed E-state index contributed by atoms with van der Waals surface area (Å²) in [6.07, 6.45) is -4.63. The van der Waals surface area contributed by atoms with Crippen molar-refractivity contribution in [2.75, 3.05) is 12.3 Å². The molecule has 0 saturated carbocycles. The average molecular weight is 445 g/mol. The number of nitrogens with two attached hydrogens (primary N) is 2. The van der Waals surface area contributed by atoms with E-state index in [1.54, 1.807) is 0 Å². The van der Waals surface area contributed by atoms with Gasteiger partial charge in [-0.05, 0) is 6.07 Å². The number of rotatable bonds is 3. The molecule has 2 amide bonds. The van der Waals surface area contributed by atoms with Crippen LogP contribution in [0.1, 0.15) is 18.1 Å². The molecule has 170 valence electrons. The molecule has 3 aliphatic rings. The zero-order valence-corrected chi connectivity index (χ0v) is 16.8. The Hall–Kier alpha value is -3.03. The highest BCUT2D eigenvalue weighted by atomic mass is 16.7. The lowest BCUT2D eigenvalue weighted by Crippen LogP contribution is -2.67. The van der Waals surface area contributed by atoms with Gasteiger partial charge in [-0.25, -0.2) is 9.59 Å². The molecule has 0 bridgehead atoms. The summed E-state index contributed by atoms with van der Waals surface area (Å²) in [7, 11) is 0. The van der Waals surface area contributed by atoms with Gasteiger partial charge in [0.05, 0.1) is 12.6 Å². The summed E-state index contributed by atoms with van der Waals surface area (Å²) < 4.78 is 25.1. The first-order chi connectivity index (χ1) is 15.4. The third-order valence-corrected chi connectivity index (χ3v) is 5.85. The minimum Gasteiger partial charge on any atom is -0.386 e. The maximum Gasteiger partial charge on any atom is 0.351 e. The van der Waals surface area contributed by atoms with Crippen molar-refractivity contribution in [2.45, 2.75) is 49.1 Å². The van der Waals surface area contributed by atoms with Crippen molar-refractivity contribution in [3.63, 3.8) is 0 Å². The molecule has 3 saturated heterocycles. The first kappa shape index (κ1) is 20.8. The number of urea groups is 1. The summed E-state index contributed by atoms with van der Waals surface area (Å²) >= 11 is 0. The largest absolute Gasteiger partial charge is 0.386 e. The summed E-state index contributed by atoms with van der Waals surface area (Å²) in [6.45, 7) is 0.158. The quantitative estimate of drug-likeness (QED) is 0.462. The van der Waals surface area contributed by atoms with E-state index in [4.69, 9.17) is 30.4 Å². The Bertz CT molecular complexity index is 1050. The maximum absolute atomic E-state index is 12.3. The molecule has 3 fully saturated rings. The van der Waals surface area contributed by atoms with Gasteiger partial charge in [-0.1, -0.05) is 30.3 Å². The summed E-state index contributed by atoms with van der Waals surface area (Å²) in [5.74, 6) is 0.0456. The third-order valence-electron chi connectivity index (χ3n) is 5.85. The van der Waals surface area contributed by atoms with Crippen LogP contribution in [0.3, 0.4) is 0 Å². The second-order valence-corrected chi connectivity index (χ2v) is 7.87. The van der Waals surface area contributed by atoms with Gasteiger partial charge in [0.2, 0.25) is 0 Å². The topological polar surface area (TPSA) is 173 Å². The maximum atomic E-state index is 12.3. The van der Waals surface area contributed by atoms with E-state index in [2.05, 4.69) is 10.3 Å². The lowest BCUT2D eigenvalue weighted by atomic mass is 9.90. The Morgan fingerprint density at radius 1 is 1.12 bits per heavy atom. The van der Waals surface area contributed by atoms with Gasteiger partial charge in [-0.3, -0.25) is 4.57 Å². The molecule has 4 heterocycles. The van der Waals surface area contributed by atoms with Crippen molar-refractivity contribution in [1.82, 2.24) is 14.9 Å². The van der Waals surface area contributed by atoms with Crippen LogP contribution in [-0.4, -0.2) is 63.9 Å². The lowest BCUT2D eigenvalue weighted by Gasteiger charge is -2.47. The van der Waals surface area contributed by atoms with Gasteiger partial charge in [0, 0.05) is 11.8 Å². The van der Waals surface area contributed by atoms with Crippen molar-refractivity contribution >= 4 is 11.8 Å². The van der Waals surface area contributed by atoms with Gasteiger partial charge in [-0.15, -0.1) is 0 Å². The number of fused-ring (bicyclic) bond motifs is 2. The van der Waals surface area contributed by atoms with Crippen molar-refractivity contribution in [2.24, 2.45) is 5.73 Å². The summed E-state index contributed by atoms with van der Waals surface area (Å²) in [6, 6.07) is 9.20. The third kappa shape index (κ3) is 3.61. The number of aliphatic hydroxyl groups is 1. The Kier molecular flexibility index (Phi) is 5.31. The van der Waals surface area contributed by atoms with Crippen molar-refractivity contribution in [1.29, 1.82) is 0 Å². The van der Waals surface area contributed by atoms with E-state index in [1.165, 1.54) is 12.3 Å². The Balaban J connectivity index is 1.44. The summed E-state index contributed by atoms with van der Waals surface area (Å²) in [5, 5.41) is 13.6. The fourth-order valence-corrected chi connectivity index (χ4v) is 4.45. The molecule has 0 radical (unpaired) electrons. The van der Waals surface area contributed by atoms with E-state index in [-0.39, 0.29) is 12.4 Å². The van der Waals surface area contributed by atoms with Crippen molar-refractivity contribution in [3.05, 3.63) is 58.6 Å². The van der Waals surface area contributed by atoms with Crippen LogP contribution in [0.25, 0.3) is 0 Å². The lowest BCUT2D eigenvalue weighted by molar-refractivity contribution is -0.307. The molecule has 0 aliphatic carbocycles. The molecule has 5 rings (SSSR count). The molecule has 1 aromatic heterocycles. The van der Waals surface area contributed by atoms with Crippen molar-refractivity contribution in [3.8, 4) is 0 Å². The standard InChI is InChI=1S/C20H23N5O7/c21-11-6-7-25(20(28)23-11)17-13(26)16-15(31-17)12(24-19(22)27)14-10(30-16)8-29-18(32-14)9-4-2-1-3-5-9/h1-7,10,12-18,26H,8H2,(H2,21,23,28)(H3,22,24,27)/t10-,12-,13-,14+,15-,16+,17-,18+/m1/s1. The minimum atomic E-state index is -1.23. The molecular weight excluding hydrogens is 422 g/mol. The first-order valence-corrected chi connectivity index (χ1v) is 10.1. The monoisotopic (exact) mass is 445 g/mol. The molecule has 8 atom stereocenters. The Labute approximate surface area is 182 Å². The number of hydrogen-bond acceptors (Lipinski definition) is 9. The number of nitrogens with zero attached hydrogens (tertiary/aromatic N) is 2. The number of anilines is 1. The van der Waals surface area contributed by atoms with Gasteiger partial charge in [0.15, 0.2) is 12.5 Å². The number of amides is 2. The van der Waals surface area contributed by atoms with Crippen LogP contribution in [0.4, 0.5) is 10.6 Å². The molecule has 6 N–H and O–H groups in total. The van der Waals surface area contributed by atoms with E-state index in [1.807, 2.05) is 30.3 Å². The highest BCUT2D eigenvalue weighted by Crippen LogP contribution is 2.41. The van der Waals surface area contributed by atoms with Crippen LogP contribution in [0.2, 0.25) is 0 Å². The number of nitrogens with one attached hydrogen (secondary N) is 1. The number of ether oxygens (including phenoxy) is 4. The first-order valence-electron chi connectivity index (χ1n) is 10.1. The highest BCUT2D eigenvalue weighted by Gasteiger charge is 2.58. The zero-order chi connectivity index (χ0) is 22.4. The zero-order valence-electron chi connectivity index (χ0n) is 16.8. The molecule has 12 heteroatoms. The van der Waals surface area contributed by atoms with Crippen molar-refractivity contribution < 1.29 is 28.8 Å². The van der Waals surface area contributed by atoms with E-state index < -0.39 is 60.8 Å². The van der Waals surface area contributed by atoms with Crippen LogP contribution in [0.5, 0.6) is 0 Å². The molecule has 3 aliphatic heterocycles. The molecule has 32 heavy (non-hydrogen) atoms. The second-order valence-electron chi connectivity index (χ2n) is 7.87. The van der Waals surface area contributed by atoms with Gasteiger partial charge in [0.25, 0.3) is 0 Å². The SMILES string of the molecule is NC(=O)N[C@H]1[C@H]2O[C@@H](n3ccc(N)nc3=O)[C@H](O)[C@@H]2O[C@@H]2CO[C@H](c3ccccc3)O[C@H]12. The Morgan fingerprint density at radius 3 is 2.62 bits per heavy atom. The molecule has 1 aromatic carbocycles. The molecule has 12 nitrogen and oxygen atoms in total. The normalized spacial score (nSPS) is 36.2. The average Bonchev–Trinajstić information content (AvgIpc) is 3.10. The number of nitrogen functional groups attached to an aromatic ring is 1. The second kappa shape index (κ2) is 8.15. The van der Waals surface area contributed by atoms with Crippen LogP contribution in [0.15, 0.2) is 47.4 Å². The van der Waals surface area contributed by atoms with E-state index in [0.717, 1.165) is 10.1 Å². The number of benzene rings is 1. The number of hydrogen-bond donors (Lipinski definition) is 4. The highest BCUT2D eigenvalue weighted by molar-refractivity contribution is 5.72. The number of aliphatic hydroxyl groups excluding tert-OH is 1. The summed E-state index contributed by atoms with van der Waals surface area (Å²) in [5.41, 5.74) is 11.1. The number of primary amides is 1. The fourth-order valence-electron chi connectivity index (χ4n) is 4.45. The molecular formula is C20H23N5O7. The predicted molar refractivity (Wildman–Crippen MR) is 108 cm³/mol. The van der Waals surface area contributed by atoms with Crippen LogP contribution in [0, 0.1) is 0 Å². The van der Waals surface area contributed by atoms with E-state index >= 15 is 0 Å². The van der Waals surface area contributed by atoms with E-state index in [0.29, 0.717) is 0 Å². The molecule has 2 aromatic rings. The van der Waals surface area contributed by atoms with Gasteiger partial charge in [0.1, 0.15) is 36.3 Å². The minimum absolute atomic E-state index is 0.0456.